The van der Waals surface area contributed by atoms with Gasteiger partial charge >= 0.3 is 0 Å². The third-order valence-corrected chi connectivity index (χ3v) is 6.65. The van der Waals surface area contributed by atoms with Crippen LogP contribution in [-0.2, 0) is 16.1 Å². The Morgan fingerprint density at radius 3 is 2.25 bits per heavy atom. The molecule has 7 heteroatoms. The number of thiophene rings is 1. The van der Waals surface area contributed by atoms with E-state index >= 15 is 0 Å². The molecule has 4 rings (SSSR count). The Morgan fingerprint density at radius 2 is 1.59 bits per heavy atom. The Bertz CT molecular complexity index is 1240. The summed E-state index contributed by atoms with van der Waals surface area (Å²) in [7, 11) is 0. The molecule has 160 valence electrons. The average Bonchev–Trinajstić information content (AvgIpc) is 3.24. The molecule has 0 saturated heterocycles. The van der Waals surface area contributed by atoms with Crippen LogP contribution < -0.4 is 10.4 Å². The van der Waals surface area contributed by atoms with Crippen LogP contribution in [0.5, 0.6) is 0 Å². The molecule has 0 radical (unpaired) electrons. The summed E-state index contributed by atoms with van der Waals surface area (Å²) in [5, 5.41) is 23.3. The van der Waals surface area contributed by atoms with Crippen molar-refractivity contribution in [2.45, 2.75) is 31.2 Å². The minimum atomic E-state index is -1.20. The Labute approximate surface area is 189 Å². The number of Topliss-reactive ketones (excluding diaryl/α,β-unsaturated/α-hetero) is 1. The Kier molecular flexibility index (Phi) is 6.15. The smallest absolute Gasteiger partial charge is 0.221 e. The molecule has 0 fully saturated rings. The highest BCUT2D eigenvalue weighted by Crippen LogP contribution is 2.41. The van der Waals surface area contributed by atoms with Gasteiger partial charge in [0, 0.05) is 28.7 Å². The number of nitrogens with zero attached hydrogens (tertiary/aromatic N) is 1. The van der Waals surface area contributed by atoms with Crippen molar-refractivity contribution in [2.24, 2.45) is 0 Å². The fourth-order valence-corrected chi connectivity index (χ4v) is 4.98. The van der Waals surface area contributed by atoms with E-state index in [-0.39, 0.29) is 31.1 Å². The predicted octanol–water partition coefficient (Wildman–Crippen LogP) is 2.88. The maximum Gasteiger partial charge on any atom is 0.221 e. The largest absolute Gasteiger partial charge is 0.550 e. The van der Waals surface area contributed by atoms with Gasteiger partial charge in [0.15, 0.2) is 5.78 Å². The van der Waals surface area contributed by atoms with Crippen LogP contribution in [0.3, 0.4) is 0 Å². The van der Waals surface area contributed by atoms with Gasteiger partial charge in [-0.3, -0.25) is 9.59 Å². The first kappa shape index (κ1) is 21.5. The molecular formula is C25H19N2O4S-. The van der Waals surface area contributed by atoms with E-state index in [1.54, 1.807) is 54.6 Å². The zero-order valence-corrected chi connectivity index (χ0v) is 17.9. The number of hydrogen-bond donors (Lipinski definition) is 1. The van der Waals surface area contributed by atoms with Gasteiger partial charge < -0.3 is 15.2 Å². The molecule has 0 saturated carbocycles. The molecule has 0 spiro atoms. The number of benzene rings is 2. The number of carboxylic acids is 1. The Balaban J connectivity index is 1.65. The highest BCUT2D eigenvalue weighted by atomic mass is 32.1. The normalized spacial score (nSPS) is 16.9. The van der Waals surface area contributed by atoms with Crippen LogP contribution in [0.2, 0.25) is 0 Å². The van der Waals surface area contributed by atoms with E-state index in [4.69, 9.17) is 5.26 Å². The molecule has 32 heavy (non-hydrogen) atoms. The third-order valence-electron chi connectivity index (χ3n) is 5.66. The second-order valence-electron chi connectivity index (χ2n) is 7.62. The van der Waals surface area contributed by atoms with E-state index in [1.807, 2.05) is 6.07 Å². The number of fused-ring (bicyclic) bond motifs is 2. The van der Waals surface area contributed by atoms with Crippen LogP contribution in [0.1, 0.15) is 61.5 Å². The number of rotatable bonds is 6. The number of nitriles is 1. The molecule has 2 atom stereocenters. The second kappa shape index (κ2) is 9.16. The van der Waals surface area contributed by atoms with Gasteiger partial charge in [-0.2, -0.15) is 5.26 Å². The van der Waals surface area contributed by atoms with Crippen molar-refractivity contribution in [1.29, 1.82) is 5.26 Å². The number of carbonyl (C=O) groups excluding carboxylic acids is 3. The number of hydrogen-bond acceptors (Lipinski definition) is 6. The summed E-state index contributed by atoms with van der Waals surface area (Å²) < 4.78 is 0. The van der Waals surface area contributed by atoms with Crippen LogP contribution in [0.25, 0.3) is 0 Å². The van der Waals surface area contributed by atoms with Gasteiger partial charge in [0.1, 0.15) is 10.9 Å². The number of aliphatic carboxylic acids is 1. The quantitative estimate of drug-likeness (QED) is 0.630. The number of ketones is 1. The monoisotopic (exact) mass is 443 g/mol. The summed E-state index contributed by atoms with van der Waals surface area (Å²) in [5.74, 6) is -2.94. The van der Waals surface area contributed by atoms with Crippen molar-refractivity contribution < 1.29 is 19.5 Å². The van der Waals surface area contributed by atoms with E-state index in [0.717, 1.165) is 10.4 Å². The van der Waals surface area contributed by atoms with Crippen LogP contribution in [0, 0.1) is 11.3 Å². The zero-order valence-electron chi connectivity index (χ0n) is 17.0. The first-order chi connectivity index (χ1) is 15.5. The number of carbonyl (C=O) groups is 3. The number of nitrogens with one attached hydrogen (secondary N) is 1. The summed E-state index contributed by atoms with van der Waals surface area (Å²) >= 11 is 1.31. The summed E-state index contributed by atoms with van der Waals surface area (Å²) in [6, 6.07) is 19.7. The van der Waals surface area contributed by atoms with Gasteiger partial charge in [-0.25, -0.2) is 0 Å². The van der Waals surface area contributed by atoms with E-state index in [1.165, 1.54) is 11.3 Å². The van der Waals surface area contributed by atoms with Crippen molar-refractivity contribution in [2.75, 3.05) is 0 Å². The van der Waals surface area contributed by atoms with Gasteiger partial charge in [0.2, 0.25) is 5.91 Å². The molecule has 1 aliphatic carbocycles. The minimum Gasteiger partial charge on any atom is -0.550 e. The van der Waals surface area contributed by atoms with Crippen molar-refractivity contribution in [3.63, 3.8) is 0 Å². The Hall–Kier alpha value is -3.76. The summed E-state index contributed by atoms with van der Waals surface area (Å²) in [6.07, 6.45) is -0.307. The maximum absolute atomic E-state index is 13.5. The molecule has 3 aromatic rings. The van der Waals surface area contributed by atoms with Crippen LogP contribution in [0.15, 0.2) is 60.7 Å². The molecule has 0 bridgehead atoms. The molecule has 1 heterocycles. The first-order valence-corrected chi connectivity index (χ1v) is 11.0. The van der Waals surface area contributed by atoms with Crippen LogP contribution in [-0.4, -0.2) is 17.7 Å². The summed E-state index contributed by atoms with van der Waals surface area (Å²) in [5.41, 5.74) is 2.46. The lowest BCUT2D eigenvalue weighted by Gasteiger charge is -2.21. The van der Waals surface area contributed by atoms with Gasteiger partial charge in [-0.05, 0) is 35.2 Å². The van der Waals surface area contributed by atoms with Crippen LogP contribution in [0.4, 0.5) is 0 Å². The molecular weight excluding hydrogens is 424 g/mol. The van der Waals surface area contributed by atoms with Gasteiger partial charge in [-0.15, -0.1) is 11.3 Å². The standard InChI is InChI=1S/C25H20N2O4S/c26-13-15-9-10-16(32-15)14-27-23(28)11-22-18-6-2-1-5-17(18)21(12-24(29)30)19-7-3-4-8-20(19)25(22)31/h1-10,21-22H,11-12,14H2,(H,27,28)(H,29,30)/p-1. The van der Waals surface area contributed by atoms with Crippen LogP contribution >= 0.6 is 11.3 Å². The molecule has 1 amide bonds. The predicted molar refractivity (Wildman–Crippen MR) is 117 cm³/mol. The third kappa shape index (κ3) is 4.32. The van der Waals surface area contributed by atoms with Crippen molar-refractivity contribution in [1.82, 2.24) is 5.32 Å². The van der Waals surface area contributed by atoms with Crippen molar-refractivity contribution in [3.05, 3.63) is 92.7 Å². The lowest BCUT2D eigenvalue weighted by Crippen LogP contribution is -2.27. The molecule has 2 aromatic carbocycles. The SMILES string of the molecule is N#Cc1ccc(CNC(=O)CC2C(=O)c3ccccc3C(CC(=O)[O-])c3ccccc32)s1. The topological polar surface area (TPSA) is 110 Å². The minimum absolute atomic E-state index is 0.0568. The number of carboxylic acid groups (broad SMARTS) is 1. The summed E-state index contributed by atoms with van der Waals surface area (Å²) in [6.45, 7) is 0.275. The lowest BCUT2D eigenvalue weighted by molar-refractivity contribution is -0.306. The second-order valence-corrected chi connectivity index (χ2v) is 8.79. The molecule has 1 aromatic heterocycles. The van der Waals surface area contributed by atoms with Gasteiger partial charge in [0.25, 0.3) is 0 Å². The van der Waals surface area contributed by atoms with E-state index < -0.39 is 17.8 Å². The van der Waals surface area contributed by atoms with E-state index in [0.29, 0.717) is 21.6 Å². The zero-order chi connectivity index (χ0) is 22.7. The van der Waals surface area contributed by atoms with Gasteiger partial charge in [0.05, 0.1) is 12.5 Å². The van der Waals surface area contributed by atoms with Crippen molar-refractivity contribution >= 4 is 29.0 Å². The van der Waals surface area contributed by atoms with E-state index in [9.17, 15) is 19.5 Å². The number of amides is 1. The first-order valence-electron chi connectivity index (χ1n) is 10.1. The molecule has 2 unspecified atom stereocenters. The molecule has 0 aliphatic heterocycles. The fraction of sp³-hybridized carbons (Fsp3) is 0.200. The Morgan fingerprint density at radius 1 is 0.938 bits per heavy atom. The molecule has 6 nitrogen and oxygen atoms in total. The maximum atomic E-state index is 13.5. The fourth-order valence-electron chi connectivity index (χ4n) is 4.23. The van der Waals surface area contributed by atoms with Crippen molar-refractivity contribution in [3.8, 4) is 6.07 Å². The van der Waals surface area contributed by atoms with E-state index in [2.05, 4.69) is 11.4 Å². The highest BCUT2D eigenvalue weighted by molar-refractivity contribution is 7.12. The summed E-state index contributed by atoms with van der Waals surface area (Å²) in [4.78, 5) is 39.2. The molecule has 1 aliphatic rings. The average molecular weight is 444 g/mol. The lowest BCUT2D eigenvalue weighted by atomic mass is 9.84. The molecule has 1 N–H and O–H groups in total. The van der Waals surface area contributed by atoms with Gasteiger partial charge in [-0.1, -0.05) is 48.5 Å². The highest BCUT2D eigenvalue weighted by Gasteiger charge is 2.35.